The van der Waals surface area contributed by atoms with Crippen LogP contribution in [0.25, 0.3) is 11.1 Å². The summed E-state index contributed by atoms with van der Waals surface area (Å²) in [6, 6.07) is 15.3. The zero-order chi connectivity index (χ0) is 16.2. The van der Waals surface area contributed by atoms with E-state index in [4.69, 9.17) is 4.42 Å². The lowest BCUT2D eigenvalue weighted by molar-refractivity contribution is -0.119. The number of para-hydroxylation sites is 2. The van der Waals surface area contributed by atoms with Gasteiger partial charge in [0, 0.05) is 4.47 Å². The first-order valence-corrected chi connectivity index (χ1v) is 8.93. The van der Waals surface area contributed by atoms with E-state index in [1.165, 1.54) is 11.8 Å². The summed E-state index contributed by atoms with van der Waals surface area (Å²) in [4.78, 5) is 16.5. The summed E-state index contributed by atoms with van der Waals surface area (Å²) in [5.41, 5.74) is 2.58. The molecule has 6 heteroatoms. The Morgan fingerprint density at radius 3 is 2.78 bits per heavy atom. The van der Waals surface area contributed by atoms with Gasteiger partial charge in [-0.2, -0.15) is 0 Å². The van der Waals surface area contributed by atoms with Crippen LogP contribution in [0.1, 0.15) is 18.5 Å². The smallest absolute Gasteiger partial charge is 0.257 e. The first kappa shape index (κ1) is 16.1. The fraction of sp³-hybridized carbons (Fsp3) is 0.176. The predicted molar refractivity (Wildman–Crippen MR) is 95.4 cm³/mol. The largest absolute Gasteiger partial charge is 0.431 e. The lowest BCUT2D eigenvalue weighted by Crippen LogP contribution is -2.28. The number of rotatable bonds is 5. The van der Waals surface area contributed by atoms with Crippen molar-refractivity contribution in [2.45, 2.75) is 18.2 Å². The number of nitrogens with one attached hydrogen (secondary N) is 1. The van der Waals surface area contributed by atoms with Crippen LogP contribution < -0.4 is 5.32 Å². The molecule has 0 bridgehead atoms. The summed E-state index contributed by atoms with van der Waals surface area (Å²) in [5.74, 6) is 0.210. The van der Waals surface area contributed by atoms with Crippen LogP contribution in [0.5, 0.6) is 0 Å². The number of benzene rings is 2. The number of carbonyl (C=O) groups excluding carboxylic acids is 1. The Hall–Kier alpha value is -1.79. The van der Waals surface area contributed by atoms with E-state index in [-0.39, 0.29) is 17.7 Å². The number of aromatic nitrogens is 1. The van der Waals surface area contributed by atoms with E-state index in [1.54, 1.807) is 0 Å². The maximum atomic E-state index is 12.1. The van der Waals surface area contributed by atoms with E-state index in [9.17, 15) is 4.79 Å². The quantitative estimate of drug-likeness (QED) is 0.648. The van der Waals surface area contributed by atoms with Gasteiger partial charge in [-0.3, -0.25) is 4.79 Å². The van der Waals surface area contributed by atoms with Gasteiger partial charge < -0.3 is 9.73 Å². The van der Waals surface area contributed by atoms with Crippen molar-refractivity contribution in [1.82, 2.24) is 10.3 Å². The molecule has 0 fully saturated rings. The van der Waals surface area contributed by atoms with Crippen molar-refractivity contribution in [3.63, 3.8) is 0 Å². The number of thioether (sulfide) groups is 1. The number of hydrogen-bond acceptors (Lipinski definition) is 4. The second-order valence-corrected chi connectivity index (χ2v) is 6.83. The van der Waals surface area contributed by atoms with Crippen LogP contribution in [0.15, 0.2) is 62.6 Å². The van der Waals surface area contributed by atoms with Crippen molar-refractivity contribution in [2.75, 3.05) is 5.75 Å². The van der Waals surface area contributed by atoms with Gasteiger partial charge in [0.15, 0.2) is 5.58 Å². The van der Waals surface area contributed by atoms with Crippen LogP contribution >= 0.6 is 27.7 Å². The highest BCUT2D eigenvalue weighted by Gasteiger charge is 2.13. The zero-order valence-corrected chi connectivity index (χ0v) is 14.9. The molecule has 0 saturated heterocycles. The second kappa shape index (κ2) is 7.19. The van der Waals surface area contributed by atoms with E-state index in [0.717, 1.165) is 21.1 Å². The van der Waals surface area contributed by atoms with Crippen molar-refractivity contribution in [3.05, 3.63) is 58.6 Å². The molecule has 0 saturated carbocycles. The molecule has 4 nitrogen and oxygen atoms in total. The maximum absolute atomic E-state index is 12.1. The van der Waals surface area contributed by atoms with Gasteiger partial charge in [-0.25, -0.2) is 4.98 Å². The minimum absolute atomic E-state index is 0.0551. The maximum Gasteiger partial charge on any atom is 0.257 e. The van der Waals surface area contributed by atoms with Gasteiger partial charge >= 0.3 is 0 Å². The minimum Gasteiger partial charge on any atom is -0.431 e. The van der Waals surface area contributed by atoms with E-state index in [2.05, 4.69) is 26.2 Å². The number of halogens is 1. The van der Waals surface area contributed by atoms with Gasteiger partial charge in [0.1, 0.15) is 5.52 Å². The molecule has 2 aromatic carbocycles. The highest BCUT2D eigenvalue weighted by molar-refractivity contribution is 9.10. The number of hydrogen-bond donors (Lipinski definition) is 1. The normalized spacial score (nSPS) is 12.3. The zero-order valence-electron chi connectivity index (χ0n) is 12.5. The van der Waals surface area contributed by atoms with Crippen LogP contribution in [-0.2, 0) is 4.79 Å². The highest BCUT2D eigenvalue weighted by Crippen LogP contribution is 2.24. The second-order valence-electron chi connectivity index (χ2n) is 5.05. The summed E-state index contributed by atoms with van der Waals surface area (Å²) in [7, 11) is 0. The Morgan fingerprint density at radius 1 is 1.26 bits per heavy atom. The Kier molecular flexibility index (Phi) is 5.03. The number of nitrogens with zero attached hydrogens (tertiary/aromatic N) is 1. The molecule has 1 atom stereocenters. The molecule has 0 aliphatic heterocycles. The highest BCUT2D eigenvalue weighted by atomic mass is 79.9. The van der Waals surface area contributed by atoms with Crippen molar-refractivity contribution in [1.29, 1.82) is 0 Å². The van der Waals surface area contributed by atoms with Crippen molar-refractivity contribution in [3.8, 4) is 0 Å². The molecule has 0 aliphatic rings. The predicted octanol–water partition coefficient (Wildman–Crippen LogP) is 4.56. The van der Waals surface area contributed by atoms with Gasteiger partial charge in [0.2, 0.25) is 5.91 Å². The summed E-state index contributed by atoms with van der Waals surface area (Å²) < 4.78 is 6.58. The summed E-state index contributed by atoms with van der Waals surface area (Å²) in [6.07, 6.45) is 0. The molecule has 1 N–H and O–H groups in total. The number of fused-ring (bicyclic) bond motifs is 1. The van der Waals surface area contributed by atoms with Crippen molar-refractivity contribution < 1.29 is 9.21 Å². The Balaban J connectivity index is 1.58. The molecular weight excluding hydrogens is 376 g/mol. The molecule has 1 heterocycles. The Morgan fingerprint density at radius 2 is 2.00 bits per heavy atom. The van der Waals surface area contributed by atoms with Crippen molar-refractivity contribution in [2.24, 2.45) is 0 Å². The fourth-order valence-electron chi connectivity index (χ4n) is 2.23. The average Bonchev–Trinajstić information content (AvgIpc) is 2.96. The lowest BCUT2D eigenvalue weighted by Gasteiger charge is -2.15. The topological polar surface area (TPSA) is 55.1 Å². The molecule has 0 radical (unpaired) electrons. The Bertz CT molecular complexity index is 801. The van der Waals surface area contributed by atoms with Crippen molar-refractivity contribution >= 4 is 44.7 Å². The molecule has 1 aromatic heterocycles. The number of carbonyl (C=O) groups is 1. The van der Waals surface area contributed by atoms with Crippen LogP contribution in [-0.4, -0.2) is 16.6 Å². The standard InChI is InChI=1S/C17H15BrN2O2S/c1-11(12-6-2-3-7-13(12)18)19-16(21)10-23-17-20-14-8-4-5-9-15(14)22-17/h2-9,11H,10H2,1H3,(H,19,21). The monoisotopic (exact) mass is 390 g/mol. The first-order chi connectivity index (χ1) is 11.1. The molecular formula is C17H15BrN2O2S. The van der Waals surface area contributed by atoms with Crippen LogP contribution in [0, 0.1) is 0 Å². The minimum atomic E-state index is -0.0673. The van der Waals surface area contributed by atoms with Gasteiger partial charge in [0.25, 0.3) is 5.22 Å². The Labute approximate surface area is 146 Å². The fourth-order valence-corrected chi connectivity index (χ4v) is 3.50. The van der Waals surface area contributed by atoms with E-state index in [1.807, 2.05) is 55.5 Å². The van der Waals surface area contributed by atoms with Gasteiger partial charge in [-0.05, 0) is 30.7 Å². The lowest BCUT2D eigenvalue weighted by atomic mass is 10.1. The van der Waals surface area contributed by atoms with Gasteiger partial charge in [-0.15, -0.1) is 0 Å². The first-order valence-electron chi connectivity index (χ1n) is 7.15. The third kappa shape index (κ3) is 3.95. The molecule has 0 spiro atoms. The van der Waals surface area contributed by atoms with Gasteiger partial charge in [-0.1, -0.05) is 58.0 Å². The van der Waals surface area contributed by atoms with Crippen LogP contribution in [0.3, 0.4) is 0 Å². The molecule has 0 aliphatic carbocycles. The number of amides is 1. The molecule has 1 unspecified atom stereocenters. The van der Waals surface area contributed by atoms with Crippen LogP contribution in [0.4, 0.5) is 0 Å². The van der Waals surface area contributed by atoms with E-state index >= 15 is 0 Å². The third-order valence-corrected chi connectivity index (χ3v) is 4.90. The summed E-state index contributed by atoms with van der Waals surface area (Å²) in [6.45, 7) is 1.96. The molecule has 1 amide bonds. The number of oxazole rings is 1. The summed E-state index contributed by atoms with van der Waals surface area (Å²) in [5, 5.41) is 3.49. The van der Waals surface area contributed by atoms with Gasteiger partial charge in [0.05, 0.1) is 11.8 Å². The molecule has 118 valence electrons. The third-order valence-electron chi connectivity index (χ3n) is 3.35. The SMILES string of the molecule is CC(NC(=O)CSc1nc2ccccc2o1)c1ccccc1Br. The van der Waals surface area contributed by atoms with E-state index in [0.29, 0.717) is 5.22 Å². The average molecular weight is 391 g/mol. The van der Waals surface area contributed by atoms with E-state index < -0.39 is 0 Å². The molecule has 23 heavy (non-hydrogen) atoms. The molecule has 3 rings (SSSR count). The van der Waals surface area contributed by atoms with Crippen LogP contribution in [0.2, 0.25) is 0 Å². The molecule has 3 aromatic rings. The summed E-state index contributed by atoms with van der Waals surface area (Å²) >= 11 is 4.79.